The monoisotopic (exact) mass is 458 g/mol. The Morgan fingerprint density at radius 2 is 1.66 bits per heavy atom. The van der Waals surface area contributed by atoms with Gasteiger partial charge in [0.2, 0.25) is 5.91 Å². The number of benzene rings is 2. The maximum absolute atomic E-state index is 13.1. The fraction of sp³-hybridized carbons (Fsp3) is 0.188. The zero-order chi connectivity index (χ0) is 22.0. The van der Waals surface area contributed by atoms with Gasteiger partial charge in [0.05, 0.1) is 32.5 Å². The lowest BCUT2D eigenvalue weighted by Gasteiger charge is -2.14. The fourth-order valence-electron chi connectivity index (χ4n) is 2.14. The molecule has 0 saturated heterocycles. The van der Waals surface area contributed by atoms with Crippen molar-refractivity contribution in [2.24, 2.45) is 0 Å². The van der Waals surface area contributed by atoms with E-state index in [2.05, 4.69) is 0 Å². The first-order chi connectivity index (χ1) is 13.3. The number of hydrogen-bond acceptors (Lipinski definition) is 4. The number of carbonyl (C=O) groups excluding carboxylic acids is 1. The van der Waals surface area contributed by atoms with Gasteiger partial charge in [-0.3, -0.25) is 14.9 Å². The molecular weight excluding hydrogens is 450 g/mol. The Kier molecular flexibility index (Phi) is 6.68. The summed E-state index contributed by atoms with van der Waals surface area (Å²) in [5, 5.41) is 12.1. The van der Waals surface area contributed by atoms with Gasteiger partial charge in [0, 0.05) is 17.0 Å². The Morgan fingerprint density at radius 3 is 2.21 bits per heavy atom. The third kappa shape index (κ3) is 6.00. The van der Waals surface area contributed by atoms with Crippen LogP contribution in [-0.2, 0) is 17.1 Å². The summed E-state index contributed by atoms with van der Waals surface area (Å²) >= 11 is 6.13. The molecule has 156 valence electrons. The molecule has 0 aliphatic rings. The predicted octanol–water partition coefficient (Wildman–Crippen LogP) is 6.02. The van der Waals surface area contributed by atoms with Crippen LogP contribution in [-0.4, -0.2) is 16.6 Å². The van der Waals surface area contributed by atoms with Gasteiger partial charge in [-0.05, 0) is 24.3 Å². The minimum atomic E-state index is -4.97. The highest BCUT2D eigenvalue weighted by Gasteiger charge is 2.36. The molecule has 1 amide bonds. The molecule has 2 aromatic rings. The van der Waals surface area contributed by atoms with E-state index in [0.29, 0.717) is 17.8 Å². The van der Waals surface area contributed by atoms with Crippen molar-refractivity contribution in [1.29, 1.82) is 0 Å². The summed E-state index contributed by atoms with van der Waals surface area (Å²) < 4.78 is 77.8. The number of nitro benzene ring substituents is 1. The topological polar surface area (TPSA) is 72.2 Å². The highest BCUT2D eigenvalue weighted by molar-refractivity contribution is 8.00. The highest BCUT2D eigenvalue weighted by Crippen LogP contribution is 2.38. The maximum atomic E-state index is 13.1. The lowest BCUT2D eigenvalue weighted by atomic mass is 10.1. The molecule has 0 aromatic heterocycles. The van der Waals surface area contributed by atoms with Crippen molar-refractivity contribution in [3.05, 3.63) is 62.7 Å². The minimum Gasteiger partial charge on any atom is -0.325 e. The van der Waals surface area contributed by atoms with Gasteiger partial charge in [0.25, 0.3) is 5.69 Å². The first kappa shape index (κ1) is 22.8. The number of non-ortho nitro benzene ring substituents is 1. The Labute approximate surface area is 168 Å². The van der Waals surface area contributed by atoms with E-state index in [-0.39, 0.29) is 11.0 Å². The van der Waals surface area contributed by atoms with E-state index >= 15 is 0 Å². The van der Waals surface area contributed by atoms with Crippen LogP contribution in [0.4, 0.5) is 37.7 Å². The number of nitrogens with zero attached hydrogens (tertiary/aromatic N) is 1. The molecule has 0 radical (unpaired) electrons. The lowest BCUT2D eigenvalue weighted by molar-refractivity contribution is -0.385. The number of amides is 1. The third-order valence-corrected chi connectivity index (χ3v) is 4.73. The molecule has 0 heterocycles. The Morgan fingerprint density at radius 1 is 1.03 bits per heavy atom. The van der Waals surface area contributed by atoms with Gasteiger partial charge < -0.3 is 5.32 Å². The van der Waals surface area contributed by atoms with E-state index in [0.717, 1.165) is 18.2 Å². The summed E-state index contributed by atoms with van der Waals surface area (Å²) in [7, 11) is 0. The van der Waals surface area contributed by atoms with Crippen LogP contribution in [0.25, 0.3) is 0 Å². The van der Waals surface area contributed by atoms with Gasteiger partial charge in [0.1, 0.15) is 0 Å². The number of rotatable bonds is 5. The van der Waals surface area contributed by atoms with E-state index in [4.69, 9.17) is 11.6 Å². The summed E-state index contributed by atoms with van der Waals surface area (Å²) in [6.45, 7) is 0. The second kappa shape index (κ2) is 8.49. The molecule has 2 aromatic carbocycles. The molecule has 5 nitrogen and oxygen atoms in total. The molecule has 1 N–H and O–H groups in total. The first-order valence-electron chi connectivity index (χ1n) is 7.44. The van der Waals surface area contributed by atoms with Gasteiger partial charge >= 0.3 is 12.4 Å². The maximum Gasteiger partial charge on any atom is 0.418 e. The summed E-state index contributed by atoms with van der Waals surface area (Å²) in [5.74, 6) is -1.45. The minimum absolute atomic E-state index is 0.0246. The van der Waals surface area contributed by atoms with E-state index < -0.39 is 56.5 Å². The van der Waals surface area contributed by atoms with Gasteiger partial charge in [-0.25, -0.2) is 0 Å². The number of halogens is 7. The number of nitro groups is 1. The molecule has 0 aliphatic carbocycles. The Bertz CT molecular complexity index is 949. The fourth-order valence-corrected chi connectivity index (χ4v) is 3.10. The van der Waals surface area contributed by atoms with Crippen molar-refractivity contribution < 1.29 is 36.1 Å². The summed E-state index contributed by atoms with van der Waals surface area (Å²) in [4.78, 5) is 21.6. The first-order valence-corrected chi connectivity index (χ1v) is 8.80. The van der Waals surface area contributed by atoms with Crippen LogP contribution in [0, 0.1) is 10.1 Å². The van der Waals surface area contributed by atoms with Crippen molar-refractivity contribution in [3.63, 3.8) is 0 Å². The number of alkyl halides is 6. The summed E-state index contributed by atoms with van der Waals surface area (Å²) in [5.41, 5.74) is -4.05. The molecule has 13 heteroatoms. The standard InChI is InChI=1S/C16H9ClF6N2O3S/c17-12-3-2-9(6-10(12)15(18,19)20)29-7-14(26)24-13-4-1-8(25(27)28)5-11(13)16(21,22)23/h1-6H,7H2,(H,24,26). The number of anilines is 1. The zero-order valence-corrected chi connectivity index (χ0v) is 15.5. The normalized spacial score (nSPS) is 12.0. The lowest BCUT2D eigenvalue weighted by Crippen LogP contribution is -2.18. The van der Waals surface area contributed by atoms with Crippen LogP contribution in [0.2, 0.25) is 5.02 Å². The molecule has 29 heavy (non-hydrogen) atoms. The van der Waals surface area contributed by atoms with E-state index in [1.807, 2.05) is 5.32 Å². The number of carbonyl (C=O) groups is 1. The van der Waals surface area contributed by atoms with Crippen LogP contribution in [0.1, 0.15) is 11.1 Å². The molecule has 0 bridgehead atoms. The van der Waals surface area contributed by atoms with Crippen LogP contribution in [0.5, 0.6) is 0 Å². The van der Waals surface area contributed by atoms with Gasteiger partial charge in [0.15, 0.2) is 0 Å². The van der Waals surface area contributed by atoms with Crippen molar-refractivity contribution in [1.82, 2.24) is 0 Å². The van der Waals surface area contributed by atoms with Crippen molar-refractivity contribution in [2.75, 3.05) is 11.1 Å². The summed E-state index contributed by atoms with van der Waals surface area (Å²) in [6.07, 6.45) is -9.68. The molecular formula is C16H9ClF6N2O3S. The van der Waals surface area contributed by atoms with E-state index in [9.17, 15) is 41.3 Å². The number of hydrogen-bond donors (Lipinski definition) is 1. The zero-order valence-electron chi connectivity index (χ0n) is 13.9. The molecule has 0 spiro atoms. The highest BCUT2D eigenvalue weighted by atomic mass is 35.5. The van der Waals surface area contributed by atoms with Crippen LogP contribution < -0.4 is 5.32 Å². The molecule has 0 atom stereocenters. The second-order valence-corrected chi connectivity index (χ2v) is 6.92. The number of thioether (sulfide) groups is 1. The molecule has 0 fully saturated rings. The van der Waals surface area contributed by atoms with Crippen LogP contribution >= 0.6 is 23.4 Å². The average Bonchev–Trinajstić information content (AvgIpc) is 2.59. The third-order valence-electron chi connectivity index (χ3n) is 3.41. The van der Waals surface area contributed by atoms with Gasteiger partial charge in [-0.15, -0.1) is 11.8 Å². The Hall–Kier alpha value is -2.47. The number of nitrogens with one attached hydrogen (secondary N) is 1. The Balaban J connectivity index is 2.15. The molecule has 2 rings (SSSR count). The second-order valence-electron chi connectivity index (χ2n) is 5.46. The summed E-state index contributed by atoms with van der Waals surface area (Å²) in [6, 6.07) is 4.72. The van der Waals surface area contributed by atoms with Crippen LogP contribution in [0.3, 0.4) is 0 Å². The molecule has 0 saturated carbocycles. The van der Waals surface area contributed by atoms with E-state index in [1.165, 1.54) is 6.07 Å². The van der Waals surface area contributed by atoms with Crippen LogP contribution in [0.15, 0.2) is 41.3 Å². The quantitative estimate of drug-likeness (QED) is 0.257. The van der Waals surface area contributed by atoms with Gasteiger partial charge in [-0.1, -0.05) is 11.6 Å². The van der Waals surface area contributed by atoms with Crippen molar-refractivity contribution in [3.8, 4) is 0 Å². The van der Waals surface area contributed by atoms with Gasteiger partial charge in [-0.2, -0.15) is 26.3 Å². The smallest absolute Gasteiger partial charge is 0.325 e. The van der Waals surface area contributed by atoms with Crippen molar-refractivity contribution >= 4 is 40.6 Å². The largest absolute Gasteiger partial charge is 0.418 e. The average molecular weight is 459 g/mol. The SMILES string of the molecule is O=C(CSc1ccc(Cl)c(C(F)(F)F)c1)Nc1ccc([N+](=O)[O-])cc1C(F)(F)F. The molecule has 0 unspecified atom stereocenters. The van der Waals surface area contributed by atoms with Crippen molar-refractivity contribution in [2.45, 2.75) is 17.2 Å². The molecule has 0 aliphatic heterocycles. The predicted molar refractivity (Wildman–Crippen MR) is 93.9 cm³/mol. The van der Waals surface area contributed by atoms with E-state index in [1.54, 1.807) is 0 Å².